The third-order valence-corrected chi connectivity index (χ3v) is 5.21. The molecule has 3 heterocycles. The number of aliphatic imine (C=N–C) groups is 1. The number of carbonyl (C=O) groups excluding carboxylic acids is 1. The molecule has 1 aliphatic rings. The highest BCUT2D eigenvalue weighted by atomic mass is 19.1. The molecule has 1 amide bonds. The Morgan fingerprint density at radius 2 is 1.94 bits per heavy atom. The minimum absolute atomic E-state index is 0.168. The zero-order valence-electron chi connectivity index (χ0n) is 18.4. The first-order valence-electron chi connectivity index (χ1n) is 10.5. The van der Waals surface area contributed by atoms with Gasteiger partial charge in [-0.05, 0) is 50.3 Å². The molecule has 0 bridgehead atoms. The van der Waals surface area contributed by atoms with Crippen molar-refractivity contribution in [2.75, 3.05) is 43.4 Å². The highest BCUT2D eigenvalue weighted by molar-refractivity contribution is 6.05. The van der Waals surface area contributed by atoms with Crippen molar-refractivity contribution in [2.24, 2.45) is 4.99 Å². The number of hydrogen-bond donors (Lipinski definition) is 1. The van der Waals surface area contributed by atoms with Crippen molar-refractivity contribution in [3.63, 3.8) is 0 Å². The van der Waals surface area contributed by atoms with Crippen molar-refractivity contribution in [3.8, 4) is 0 Å². The van der Waals surface area contributed by atoms with Gasteiger partial charge in [0.2, 0.25) is 5.95 Å². The van der Waals surface area contributed by atoms with Gasteiger partial charge in [-0.3, -0.25) is 9.79 Å². The molecule has 9 heteroatoms. The van der Waals surface area contributed by atoms with Gasteiger partial charge >= 0.3 is 0 Å². The minimum Gasteiger partial charge on any atom is -0.336 e. The van der Waals surface area contributed by atoms with Crippen LogP contribution in [-0.4, -0.2) is 64.5 Å². The van der Waals surface area contributed by atoms with Gasteiger partial charge in [-0.1, -0.05) is 11.6 Å². The summed E-state index contributed by atoms with van der Waals surface area (Å²) in [5.41, 5.74) is 2.33. The molecule has 1 saturated heterocycles. The lowest BCUT2D eigenvalue weighted by Gasteiger charge is -2.34. The van der Waals surface area contributed by atoms with Gasteiger partial charge < -0.3 is 15.1 Å². The molecule has 1 aromatic carbocycles. The van der Waals surface area contributed by atoms with E-state index in [4.69, 9.17) is 4.98 Å². The van der Waals surface area contributed by atoms with Gasteiger partial charge in [-0.25, -0.2) is 8.91 Å². The largest absolute Gasteiger partial charge is 0.336 e. The number of fused-ring (bicyclic) bond motifs is 1. The average Bonchev–Trinajstić information content (AvgIpc) is 3.27. The Morgan fingerprint density at radius 1 is 1.16 bits per heavy atom. The number of aromatic nitrogens is 3. The number of allylic oxidation sites excluding steroid dienone is 1. The summed E-state index contributed by atoms with van der Waals surface area (Å²) in [4.78, 5) is 25.5. The van der Waals surface area contributed by atoms with Crippen LogP contribution in [0.1, 0.15) is 24.2 Å². The van der Waals surface area contributed by atoms with E-state index in [1.807, 2.05) is 43.2 Å². The number of nitrogens with zero attached hydrogens (tertiary/aromatic N) is 6. The van der Waals surface area contributed by atoms with Gasteiger partial charge in [0.05, 0.1) is 0 Å². The van der Waals surface area contributed by atoms with Crippen LogP contribution in [0.5, 0.6) is 0 Å². The number of nitrogens with one attached hydrogen (secondary N) is 1. The summed E-state index contributed by atoms with van der Waals surface area (Å²) >= 11 is 0. The zero-order valence-corrected chi connectivity index (χ0v) is 18.4. The molecule has 32 heavy (non-hydrogen) atoms. The third kappa shape index (κ3) is 4.61. The van der Waals surface area contributed by atoms with Crippen LogP contribution in [0.25, 0.3) is 5.52 Å². The van der Waals surface area contributed by atoms with Crippen molar-refractivity contribution in [1.82, 2.24) is 19.5 Å². The normalized spacial score (nSPS) is 14.6. The van der Waals surface area contributed by atoms with Crippen LogP contribution in [-0.2, 0) is 0 Å². The molecule has 0 unspecified atom stereocenters. The van der Waals surface area contributed by atoms with E-state index < -0.39 is 5.82 Å². The molecule has 0 spiro atoms. The predicted octanol–water partition coefficient (Wildman–Crippen LogP) is 3.24. The average molecular weight is 436 g/mol. The molecular weight excluding hydrogens is 409 g/mol. The van der Waals surface area contributed by atoms with Gasteiger partial charge in [0.25, 0.3) is 5.91 Å². The molecule has 4 rings (SSSR count). The Bertz CT molecular complexity index is 1190. The fourth-order valence-corrected chi connectivity index (χ4v) is 3.61. The Kier molecular flexibility index (Phi) is 6.16. The number of carbonyl (C=O) groups is 1. The summed E-state index contributed by atoms with van der Waals surface area (Å²) < 4.78 is 15.3. The van der Waals surface area contributed by atoms with Gasteiger partial charge in [-0.15, -0.1) is 5.10 Å². The van der Waals surface area contributed by atoms with Crippen LogP contribution >= 0.6 is 0 Å². The Morgan fingerprint density at radius 3 is 2.62 bits per heavy atom. The molecule has 1 N–H and O–H groups in total. The Hall–Kier alpha value is -3.75. The molecular formula is C23H26FN7O. The maximum Gasteiger partial charge on any atom is 0.254 e. The lowest BCUT2D eigenvalue weighted by atomic mass is 10.2. The zero-order chi connectivity index (χ0) is 22.7. The summed E-state index contributed by atoms with van der Waals surface area (Å²) in [6.07, 6.45) is 3.83. The van der Waals surface area contributed by atoms with Crippen LogP contribution in [0, 0.1) is 5.82 Å². The van der Waals surface area contributed by atoms with Gasteiger partial charge in [0, 0.05) is 45.0 Å². The lowest BCUT2D eigenvalue weighted by molar-refractivity contribution is 0.0745. The monoisotopic (exact) mass is 435 g/mol. The lowest BCUT2D eigenvalue weighted by Crippen LogP contribution is -2.49. The molecule has 0 aliphatic carbocycles. The topological polar surface area (TPSA) is 78.1 Å². The molecule has 0 atom stereocenters. The first kappa shape index (κ1) is 21.5. The number of hydrogen-bond acceptors (Lipinski definition) is 5. The van der Waals surface area contributed by atoms with E-state index in [0.717, 1.165) is 11.1 Å². The second-order valence-corrected chi connectivity index (χ2v) is 7.84. The van der Waals surface area contributed by atoms with E-state index in [-0.39, 0.29) is 5.91 Å². The maximum atomic E-state index is 13.5. The fraction of sp³-hybridized carbons (Fsp3) is 0.304. The van der Waals surface area contributed by atoms with E-state index in [2.05, 4.69) is 15.4 Å². The minimum atomic E-state index is -0.411. The first-order valence-corrected chi connectivity index (χ1v) is 10.5. The van der Waals surface area contributed by atoms with E-state index in [1.165, 1.54) is 12.1 Å². The SMILES string of the molecule is CN=C(C=C(C)C)Nc1nc(N2CCN(C(=O)c3cccc(F)c3)CC2)nn2cccc12. The maximum absolute atomic E-state index is 13.5. The van der Waals surface area contributed by atoms with Crippen LogP contribution in [0.3, 0.4) is 0 Å². The van der Waals surface area contributed by atoms with Gasteiger partial charge in [0.1, 0.15) is 17.2 Å². The van der Waals surface area contributed by atoms with Crippen LogP contribution < -0.4 is 10.2 Å². The number of rotatable bonds is 4. The number of benzene rings is 1. The number of amides is 1. The summed E-state index contributed by atoms with van der Waals surface area (Å²) in [6, 6.07) is 9.65. The number of anilines is 2. The third-order valence-electron chi connectivity index (χ3n) is 5.21. The molecule has 0 saturated carbocycles. The van der Waals surface area contributed by atoms with Crippen molar-refractivity contribution in [2.45, 2.75) is 13.8 Å². The number of piperazine rings is 1. The quantitative estimate of drug-likeness (QED) is 0.503. The smallest absolute Gasteiger partial charge is 0.254 e. The van der Waals surface area contributed by atoms with E-state index in [9.17, 15) is 9.18 Å². The second kappa shape index (κ2) is 9.17. The van der Waals surface area contributed by atoms with Crippen molar-refractivity contribution in [1.29, 1.82) is 0 Å². The summed E-state index contributed by atoms with van der Waals surface area (Å²) in [5, 5.41) is 7.93. The van der Waals surface area contributed by atoms with Crippen molar-refractivity contribution in [3.05, 3.63) is 65.6 Å². The van der Waals surface area contributed by atoms with E-state index >= 15 is 0 Å². The summed E-state index contributed by atoms with van der Waals surface area (Å²) in [6.45, 7) is 6.19. The molecule has 3 aromatic rings. The fourth-order valence-electron chi connectivity index (χ4n) is 3.61. The molecule has 1 fully saturated rings. The number of halogens is 1. The van der Waals surface area contributed by atoms with Gasteiger partial charge in [-0.2, -0.15) is 4.98 Å². The Labute approximate surface area is 186 Å². The van der Waals surface area contributed by atoms with E-state index in [1.54, 1.807) is 28.6 Å². The summed E-state index contributed by atoms with van der Waals surface area (Å²) in [5.74, 6) is 1.37. The van der Waals surface area contributed by atoms with Crippen LogP contribution in [0.2, 0.25) is 0 Å². The highest BCUT2D eigenvalue weighted by Gasteiger charge is 2.24. The van der Waals surface area contributed by atoms with Crippen molar-refractivity contribution >= 4 is 29.0 Å². The van der Waals surface area contributed by atoms with Gasteiger partial charge in [0.15, 0.2) is 5.82 Å². The molecule has 8 nitrogen and oxygen atoms in total. The standard InChI is InChI=1S/C23H26FN7O/c1-16(2)14-20(25-3)26-21-19-8-5-9-31(19)28-23(27-21)30-12-10-29(11-13-30)22(32)17-6-4-7-18(24)15-17/h4-9,14-15H,10-13H2,1-3H3,(H,25,26,27,28). The first-order chi connectivity index (χ1) is 15.4. The predicted molar refractivity (Wildman–Crippen MR) is 124 cm³/mol. The van der Waals surface area contributed by atoms with Crippen LogP contribution in [0.15, 0.2) is 59.2 Å². The Balaban J connectivity index is 1.52. The molecule has 166 valence electrons. The second-order valence-electron chi connectivity index (χ2n) is 7.84. The number of amidine groups is 1. The molecule has 2 aromatic heterocycles. The molecule has 0 radical (unpaired) electrons. The van der Waals surface area contributed by atoms with E-state index in [0.29, 0.717) is 49.3 Å². The van der Waals surface area contributed by atoms with Crippen LogP contribution in [0.4, 0.5) is 16.2 Å². The summed E-state index contributed by atoms with van der Waals surface area (Å²) in [7, 11) is 1.73. The molecule has 1 aliphatic heterocycles. The highest BCUT2D eigenvalue weighted by Crippen LogP contribution is 2.20. The van der Waals surface area contributed by atoms with Crippen molar-refractivity contribution < 1.29 is 9.18 Å².